The Morgan fingerprint density at radius 1 is 1.24 bits per heavy atom. The summed E-state index contributed by atoms with van der Waals surface area (Å²) < 4.78 is 0.275. The minimum absolute atomic E-state index is 0.00353. The number of nitrogens with zero attached hydrogens (tertiary/aromatic N) is 1. The molecule has 0 unspecified atom stereocenters. The standard InChI is InChI=1S/C13H19Cl2NO/c1-13(2)9(8-10(14)15)11(13)12(17)16-6-4-3-5-7-16/h8-9,11H,3-7H2,1-2H3/t9-,11-/m1/s1. The summed E-state index contributed by atoms with van der Waals surface area (Å²) in [4.78, 5) is 14.4. The van der Waals surface area contributed by atoms with E-state index < -0.39 is 0 Å². The molecule has 4 heteroatoms. The van der Waals surface area contributed by atoms with Gasteiger partial charge in [0.2, 0.25) is 5.91 Å². The van der Waals surface area contributed by atoms with Crippen molar-refractivity contribution in [2.45, 2.75) is 33.1 Å². The molecule has 0 radical (unpaired) electrons. The van der Waals surface area contributed by atoms with E-state index >= 15 is 0 Å². The van der Waals surface area contributed by atoms with Crippen LogP contribution in [0.5, 0.6) is 0 Å². The van der Waals surface area contributed by atoms with Gasteiger partial charge in [0.1, 0.15) is 4.49 Å². The molecular weight excluding hydrogens is 257 g/mol. The molecule has 96 valence electrons. The number of carbonyl (C=O) groups excluding carboxylic acids is 1. The second-order valence-corrected chi connectivity index (χ2v) is 6.67. The zero-order valence-electron chi connectivity index (χ0n) is 10.4. The largest absolute Gasteiger partial charge is 0.342 e. The number of hydrogen-bond acceptors (Lipinski definition) is 1. The lowest BCUT2D eigenvalue weighted by molar-refractivity contribution is -0.134. The quantitative estimate of drug-likeness (QED) is 0.754. The van der Waals surface area contributed by atoms with E-state index in [0.29, 0.717) is 0 Å². The first-order valence-corrected chi connectivity index (χ1v) is 7.02. The van der Waals surface area contributed by atoms with E-state index in [1.165, 1.54) is 6.42 Å². The molecule has 1 heterocycles. The topological polar surface area (TPSA) is 20.3 Å². The summed E-state index contributed by atoms with van der Waals surface area (Å²) in [5.41, 5.74) is 0.00353. The second-order valence-electron chi connectivity index (χ2n) is 5.67. The number of piperidine rings is 1. The fraction of sp³-hybridized carbons (Fsp3) is 0.769. The fourth-order valence-electron chi connectivity index (χ4n) is 2.91. The van der Waals surface area contributed by atoms with Crippen LogP contribution in [0.3, 0.4) is 0 Å². The summed E-state index contributed by atoms with van der Waals surface area (Å²) in [6.07, 6.45) is 5.33. The van der Waals surface area contributed by atoms with Crippen molar-refractivity contribution in [1.29, 1.82) is 0 Å². The molecule has 2 atom stereocenters. The minimum Gasteiger partial charge on any atom is -0.342 e. The molecule has 0 aromatic rings. The maximum absolute atomic E-state index is 12.4. The third-order valence-electron chi connectivity index (χ3n) is 4.15. The first-order chi connectivity index (χ1) is 7.94. The highest BCUT2D eigenvalue weighted by Gasteiger charge is 2.61. The molecule has 0 bridgehead atoms. The summed E-state index contributed by atoms with van der Waals surface area (Å²) in [6.45, 7) is 6.04. The van der Waals surface area contributed by atoms with Gasteiger partial charge in [0.25, 0.3) is 0 Å². The lowest BCUT2D eigenvalue weighted by Gasteiger charge is -2.27. The van der Waals surface area contributed by atoms with Gasteiger partial charge in [0, 0.05) is 13.1 Å². The van der Waals surface area contributed by atoms with Crippen molar-refractivity contribution in [2.24, 2.45) is 17.3 Å². The summed E-state index contributed by atoms with van der Waals surface area (Å²) in [5, 5.41) is 0. The van der Waals surface area contributed by atoms with Gasteiger partial charge in [0.15, 0.2) is 0 Å². The van der Waals surface area contributed by atoms with E-state index in [-0.39, 0.29) is 27.6 Å². The predicted octanol–water partition coefficient (Wildman–Crippen LogP) is 3.59. The Balaban J connectivity index is 2.03. The maximum Gasteiger partial charge on any atom is 0.226 e. The van der Waals surface area contributed by atoms with Crippen molar-refractivity contribution >= 4 is 29.1 Å². The van der Waals surface area contributed by atoms with E-state index in [0.717, 1.165) is 25.9 Å². The number of rotatable bonds is 2. The molecule has 1 saturated carbocycles. The van der Waals surface area contributed by atoms with Crippen LogP contribution in [0.25, 0.3) is 0 Å². The van der Waals surface area contributed by atoms with Gasteiger partial charge in [-0.2, -0.15) is 0 Å². The molecule has 2 fully saturated rings. The normalized spacial score (nSPS) is 30.9. The monoisotopic (exact) mass is 275 g/mol. The molecule has 0 aromatic carbocycles. The summed E-state index contributed by atoms with van der Waals surface area (Å²) in [7, 11) is 0. The Kier molecular flexibility index (Phi) is 3.74. The van der Waals surface area contributed by atoms with Crippen LogP contribution < -0.4 is 0 Å². The maximum atomic E-state index is 12.4. The Morgan fingerprint density at radius 2 is 1.82 bits per heavy atom. The van der Waals surface area contributed by atoms with Crippen molar-refractivity contribution in [3.63, 3.8) is 0 Å². The van der Waals surface area contributed by atoms with Crippen LogP contribution in [0, 0.1) is 17.3 Å². The van der Waals surface area contributed by atoms with E-state index in [4.69, 9.17) is 23.2 Å². The number of amides is 1. The van der Waals surface area contributed by atoms with Gasteiger partial charge < -0.3 is 4.90 Å². The number of likely N-dealkylation sites (tertiary alicyclic amines) is 1. The molecule has 1 amide bonds. The minimum atomic E-state index is 0.00353. The number of halogens is 2. The lowest BCUT2D eigenvalue weighted by Crippen LogP contribution is -2.37. The first kappa shape index (κ1) is 13.2. The van der Waals surface area contributed by atoms with Crippen LogP contribution in [-0.4, -0.2) is 23.9 Å². The van der Waals surface area contributed by atoms with Gasteiger partial charge >= 0.3 is 0 Å². The molecule has 1 saturated heterocycles. The van der Waals surface area contributed by atoms with Crippen molar-refractivity contribution in [3.8, 4) is 0 Å². The van der Waals surface area contributed by atoms with Crippen molar-refractivity contribution in [3.05, 3.63) is 10.6 Å². The van der Waals surface area contributed by atoms with E-state index in [1.807, 2.05) is 11.0 Å². The van der Waals surface area contributed by atoms with Crippen molar-refractivity contribution < 1.29 is 4.79 Å². The number of carbonyl (C=O) groups is 1. The van der Waals surface area contributed by atoms with Gasteiger partial charge in [0.05, 0.1) is 5.92 Å². The highest BCUT2D eigenvalue weighted by atomic mass is 35.5. The average Bonchev–Trinajstić information content (AvgIpc) is 2.80. The molecule has 0 N–H and O–H groups in total. The predicted molar refractivity (Wildman–Crippen MR) is 71.0 cm³/mol. The first-order valence-electron chi connectivity index (χ1n) is 6.26. The number of hydrogen-bond donors (Lipinski definition) is 0. The van der Waals surface area contributed by atoms with Crippen molar-refractivity contribution in [2.75, 3.05) is 13.1 Å². The Bertz CT molecular complexity index is 341. The van der Waals surface area contributed by atoms with Crippen molar-refractivity contribution in [1.82, 2.24) is 4.90 Å². The summed E-state index contributed by atoms with van der Waals surface area (Å²) in [5.74, 6) is 0.542. The van der Waals surface area contributed by atoms with Crippen LogP contribution >= 0.6 is 23.2 Å². The van der Waals surface area contributed by atoms with Crippen LogP contribution in [0.4, 0.5) is 0 Å². The van der Waals surface area contributed by atoms with E-state index in [2.05, 4.69) is 13.8 Å². The van der Waals surface area contributed by atoms with Crippen LogP contribution in [0.15, 0.2) is 10.6 Å². The Morgan fingerprint density at radius 3 is 2.35 bits per heavy atom. The molecule has 2 nitrogen and oxygen atoms in total. The molecule has 2 aliphatic rings. The van der Waals surface area contributed by atoms with Gasteiger partial charge in [-0.1, -0.05) is 37.0 Å². The van der Waals surface area contributed by atoms with Gasteiger partial charge in [-0.3, -0.25) is 4.79 Å². The molecule has 1 aliphatic heterocycles. The third kappa shape index (κ3) is 2.63. The highest BCUT2D eigenvalue weighted by Crippen LogP contribution is 2.60. The number of allylic oxidation sites excluding steroid dienone is 1. The zero-order chi connectivity index (χ0) is 12.6. The SMILES string of the molecule is CC1(C)[C@H](C=C(Cl)Cl)[C@@H]1C(=O)N1CCCCC1. The molecular formula is C13H19Cl2NO. The molecule has 1 aliphatic carbocycles. The third-order valence-corrected chi connectivity index (χ3v) is 4.40. The smallest absolute Gasteiger partial charge is 0.226 e. The summed E-state index contributed by atoms with van der Waals surface area (Å²) >= 11 is 11.4. The van der Waals surface area contributed by atoms with Crippen LogP contribution in [-0.2, 0) is 4.79 Å². The summed E-state index contributed by atoms with van der Waals surface area (Å²) in [6, 6.07) is 0. The lowest BCUT2D eigenvalue weighted by atomic mass is 10.1. The van der Waals surface area contributed by atoms with E-state index in [1.54, 1.807) is 0 Å². The zero-order valence-corrected chi connectivity index (χ0v) is 11.9. The average molecular weight is 276 g/mol. The highest BCUT2D eigenvalue weighted by molar-refractivity contribution is 6.55. The Labute approximate surface area is 113 Å². The van der Waals surface area contributed by atoms with E-state index in [9.17, 15) is 4.79 Å². The van der Waals surface area contributed by atoms with Gasteiger partial charge in [-0.05, 0) is 36.7 Å². The van der Waals surface area contributed by atoms with Gasteiger partial charge in [-0.15, -0.1) is 0 Å². The molecule has 0 aromatic heterocycles. The fourth-order valence-corrected chi connectivity index (χ4v) is 3.18. The molecule has 0 spiro atoms. The van der Waals surface area contributed by atoms with Crippen LogP contribution in [0.1, 0.15) is 33.1 Å². The van der Waals surface area contributed by atoms with Crippen LogP contribution in [0.2, 0.25) is 0 Å². The Hall–Kier alpha value is -0.210. The second kappa shape index (κ2) is 4.81. The molecule has 17 heavy (non-hydrogen) atoms. The van der Waals surface area contributed by atoms with Gasteiger partial charge in [-0.25, -0.2) is 0 Å². The molecule has 2 rings (SSSR count).